The number of nitrogens with two attached hydrogens (primary N) is 1. The van der Waals surface area contributed by atoms with Gasteiger partial charge in [0.05, 0.1) is 15.9 Å². The third-order valence-electron chi connectivity index (χ3n) is 4.30. The first-order valence-corrected chi connectivity index (χ1v) is 8.67. The molecule has 8 heteroatoms. The molecule has 1 aromatic carbocycles. The molecule has 1 fully saturated rings. The van der Waals surface area contributed by atoms with Gasteiger partial charge < -0.3 is 5.73 Å². The summed E-state index contributed by atoms with van der Waals surface area (Å²) in [6.07, 6.45) is 1.62. The average molecular weight is 324 g/mol. The van der Waals surface area contributed by atoms with Gasteiger partial charge in [-0.3, -0.25) is 9.13 Å². The zero-order chi connectivity index (χ0) is 16.1. The first-order chi connectivity index (χ1) is 10.3. The normalized spacial score (nSPS) is 20.6. The molecule has 2 N–H and O–H groups in total. The number of nitrogens with zero attached hydrogens (tertiary/aromatic N) is 3. The Kier molecular flexibility index (Phi) is 3.62. The van der Waals surface area contributed by atoms with Crippen LogP contribution in [0.15, 0.2) is 27.9 Å². The van der Waals surface area contributed by atoms with Crippen LogP contribution in [-0.2, 0) is 24.1 Å². The van der Waals surface area contributed by atoms with Crippen LogP contribution in [-0.4, -0.2) is 41.0 Å². The van der Waals surface area contributed by atoms with Crippen LogP contribution in [0.25, 0.3) is 11.0 Å². The largest absolute Gasteiger partial charge is 0.328 e. The van der Waals surface area contributed by atoms with Crippen molar-refractivity contribution >= 4 is 21.1 Å². The van der Waals surface area contributed by atoms with Gasteiger partial charge in [-0.15, -0.1) is 0 Å². The van der Waals surface area contributed by atoms with E-state index in [4.69, 9.17) is 5.73 Å². The second kappa shape index (κ2) is 5.22. The lowest BCUT2D eigenvalue weighted by Gasteiger charge is -2.29. The summed E-state index contributed by atoms with van der Waals surface area (Å²) in [5, 5.41) is 0. The van der Waals surface area contributed by atoms with Crippen LogP contribution in [0.1, 0.15) is 12.8 Å². The van der Waals surface area contributed by atoms with Crippen molar-refractivity contribution in [2.45, 2.75) is 23.8 Å². The third-order valence-corrected chi connectivity index (χ3v) is 6.16. The Morgan fingerprint density at radius 3 is 2.55 bits per heavy atom. The first-order valence-electron chi connectivity index (χ1n) is 7.23. The summed E-state index contributed by atoms with van der Waals surface area (Å²) in [6.45, 7) is 0.829. The Morgan fingerprint density at radius 1 is 1.18 bits per heavy atom. The highest BCUT2D eigenvalue weighted by atomic mass is 32.2. The Morgan fingerprint density at radius 2 is 1.86 bits per heavy atom. The van der Waals surface area contributed by atoms with Crippen molar-refractivity contribution in [2.75, 3.05) is 13.1 Å². The summed E-state index contributed by atoms with van der Waals surface area (Å²) in [6, 6.07) is 4.67. The van der Waals surface area contributed by atoms with Gasteiger partial charge in [0, 0.05) is 33.2 Å². The maximum absolute atomic E-state index is 12.8. The number of sulfonamides is 1. The molecule has 22 heavy (non-hydrogen) atoms. The highest BCUT2D eigenvalue weighted by Crippen LogP contribution is 2.23. The quantitative estimate of drug-likeness (QED) is 0.841. The van der Waals surface area contributed by atoms with Gasteiger partial charge >= 0.3 is 5.69 Å². The lowest BCUT2D eigenvalue weighted by atomic mass is 10.1. The number of benzene rings is 1. The lowest BCUT2D eigenvalue weighted by Crippen LogP contribution is -2.45. The minimum Gasteiger partial charge on any atom is -0.327 e. The van der Waals surface area contributed by atoms with Crippen molar-refractivity contribution in [1.29, 1.82) is 0 Å². The van der Waals surface area contributed by atoms with Gasteiger partial charge in [0.25, 0.3) is 0 Å². The molecule has 1 atom stereocenters. The van der Waals surface area contributed by atoms with Crippen molar-refractivity contribution in [3.63, 3.8) is 0 Å². The van der Waals surface area contributed by atoms with Crippen molar-refractivity contribution in [2.24, 2.45) is 19.8 Å². The Balaban J connectivity index is 2.09. The molecule has 2 aromatic rings. The van der Waals surface area contributed by atoms with Crippen LogP contribution >= 0.6 is 0 Å². The van der Waals surface area contributed by atoms with Crippen molar-refractivity contribution in [1.82, 2.24) is 13.4 Å². The second-order valence-corrected chi connectivity index (χ2v) is 7.75. The number of aryl methyl sites for hydroxylation is 2. The van der Waals surface area contributed by atoms with E-state index in [0.717, 1.165) is 12.8 Å². The molecular weight excluding hydrogens is 304 g/mol. The van der Waals surface area contributed by atoms with Crippen molar-refractivity contribution < 1.29 is 8.42 Å². The topological polar surface area (TPSA) is 90.3 Å². The monoisotopic (exact) mass is 324 g/mol. The molecule has 3 rings (SSSR count). The summed E-state index contributed by atoms with van der Waals surface area (Å²) >= 11 is 0. The molecule has 1 aliphatic heterocycles. The van der Waals surface area contributed by atoms with Crippen LogP contribution in [0.4, 0.5) is 0 Å². The van der Waals surface area contributed by atoms with Gasteiger partial charge in [0.15, 0.2) is 0 Å². The fourth-order valence-electron chi connectivity index (χ4n) is 2.99. The van der Waals surface area contributed by atoms with Gasteiger partial charge in [0.1, 0.15) is 0 Å². The molecule has 1 unspecified atom stereocenters. The fourth-order valence-corrected chi connectivity index (χ4v) is 4.54. The third kappa shape index (κ3) is 2.27. The van der Waals surface area contributed by atoms with Crippen LogP contribution in [0.5, 0.6) is 0 Å². The molecule has 0 bridgehead atoms. The highest BCUT2D eigenvalue weighted by Gasteiger charge is 2.29. The molecule has 0 amide bonds. The molecule has 0 saturated carbocycles. The number of rotatable bonds is 2. The summed E-state index contributed by atoms with van der Waals surface area (Å²) in [4.78, 5) is 12.1. The van der Waals surface area contributed by atoms with Crippen molar-refractivity contribution in [3.8, 4) is 0 Å². The van der Waals surface area contributed by atoms with E-state index in [9.17, 15) is 13.2 Å². The molecule has 1 aromatic heterocycles. The standard InChI is InChI=1S/C14H20N4O3S/c1-16-12-6-5-11(8-13(12)17(2)14(16)19)22(20,21)18-7-3-4-10(15)9-18/h5-6,8,10H,3-4,7,9,15H2,1-2H3. The van der Waals surface area contributed by atoms with Crippen LogP contribution in [0.3, 0.4) is 0 Å². The van der Waals surface area contributed by atoms with Gasteiger partial charge in [-0.25, -0.2) is 13.2 Å². The van der Waals surface area contributed by atoms with Crippen LogP contribution < -0.4 is 11.4 Å². The maximum Gasteiger partial charge on any atom is 0.328 e. The maximum atomic E-state index is 12.8. The Hall–Kier alpha value is -1.64. The van der Waals surface area contributed by atoms with Gasteiger partial charge in [-0.05, 0) is 31.0 Å². The fraction of sp³-hybridized carbons (Fsp3) is 0.500. The van der Waals surface area contributed by atoms with E-state index < -0.39 is 10.0 Å². The van der Waals surface area contributed by atoms with E-state index in [1.807, 2.05) is 0 Å². The molecule has 1 aliphatic rings. The van der Waals surface area contributed by atoms with Crippen LogP contribution in [0.2, 0.25) is 0 Å². The highest BCUT2D eigenvalue weighted by molar-refractivity contribution is 7.89. The molecule has 120 valence electrons. The predicted molar refractivity (Wildman–Crippen MR) is 84.1 cm³/mol. The SMILES string of the molecule is Cn1c(=O)n(C)c2cc(S(=O)(=O)N3CCCC(N)C3)ccc21. The molecular formula is C14H20N4O3S. The minimum absolute atomic E-state index is 0.117. The summed E-state index contributed by atoms with van der Waals surface area (Å²) in [5.74, 6) is 0. The number of hydrogen-bond donors (Lipinski definition) is 1. The Labute approximate surface area is 129 Å². The zero-order valence-corrected chi connectivity index (χ0v) is 13.5. The van der Waals surface area contributed by atoms with Gasteiger partial charge in [0.2, 0.25) is 10.0 Å². The van der Waals surface area contributed by atoms with E-state index in [-0.39, 0.29) is 16.6 Å². The van der Waals surface area contributed by atoms with E-state index >= 15 is 0 Å². The zero-order valence-electron chi connectivity index (χ0n) is 12.7. The molecule has 0 spiro atoms. The number of fused-ring (bicyclic) bond motifs is 1. The van der Waals surface area contributed by atoms with E-state index in [1.54, 1.807) is 32.3 Å². The smallest absolute Gasteiger partial charge is 0.327 e. The summed E-state index contributed by atoms with van der Waals surface area (Å²) < 4.78 is 29.9. The second-order valence-electron chi connectivity index (χ2n) is 5.82. The summed E-state index contributed by atoms with van der Waals surface area (Å²) in [7, 11) is -0.272. The molecule has 1 saturated heterocycles. The number of aromatic nitrogens is 2. The van der Waals surface area contributed by atoms with Crippen molar-refractivity contribution in [3.05, 3.63) is 28.7 Å². The van der Waals surface area contributed by atoms with Gasteiger partial charge in [-0.2, -0.15) is 4.31 Å². The lowest BCUT2D eigenvalue weighted by molar-refractivity contribution is 0.316. The minimum atomic E-state index is -3.58. The summed E-state index contributed by atoms with van der Waals surface area (Å²) in [5.41, 5.74) is 7.02. The van der Waals surface area contributed by atoms with Crippen LogP contribution in [0, 0.1) is 0 Å². The number of piperidine rings is 1. The molecule has 0 aliphatic carbocycles. The van der Waals surface area contributed by atoms with E-state index in [1.165, 1.54) is 13.4 Å². The molecule has 0 radical (unpaired) electrons. The predicted octanol–water partition coefficient (Wildman–Crippen LogP) is -0.0112. The Bertz CT molecular complexity index is 881. The van der Waals surface area contributed by atoms with E-state index in [0.29, 0.717) is 24.1 Å². The molecule has 7 nitrogen and oxygen atoms in total. The average Bonchev–Trinajstić information content (AvgIpc) is 2.72. The first kappa shape index (κ1) is 15.3. The number of imidazole rings is 1. The molecule has 2 heterocycles. The van der Waals surface area contributed by atoms with E-state index in [2.05, 4.69) is 0 Å². The number of hydrogen-bond acceptors (Lipinski definition) is 4. The van der Waals surface area contributed by atoms with Gasteiger partial charge in [-0.1, -0.05) is 0 Å².